The van der Waals surface area contributed by atoms with E-state index in [0.29, 0.717) is 0 Å². The first-order valence-electron chi connectivity index (χ1n) is 6.58. The molecule has 2 heterocycles. The van der Waals surface area contributed by atoms with Gasteiger partial charge in [0.2, 0.25) is 0 Å². The molecular weight excluding hydrogens is 292 g/mol. The maximum Gasteiger partial charge on any atom is 0.128 e. The number of pyridine rings is 1. The van der Waals surface area contributed by atoms with Crippen molar-refractivity contribution in [1.82, 2.24) is 9.88 Å². The van der Waals surface area contributed by atoms with Gasteiger partial charge in [-0.25, -0.2) is 4.98 Å². The Hall–Kier alpha value is -0.650. The van der Waals surface area contributed by atoms with Crippen molar-refractivity contribution in [2.45, 2.75) is 12.8 Å². The number of hydrogen-bond donors (Lipinski definition) is 1. The van der Waals surface area contributed by atoms with Gasteiger partial charge in [0.15, 0.2) is 0 Å². The molecule has 2 N–H and O–H groups in total. The van der Waals surface area contributed by atoms with Crippen molar-refractivity contribution in [3.8, 4) is 0 Å². The smallest absolute Gasteiger partial charge is 0.128 e. The number of nitrogens with zero attached hydrogens (tertiary/aromatic N) is 3. The van der Waals surface area contributed by atoms with Crippen LogP contribution in [0.3, 0.4) is 0 Å². The molecule has 1 aliphatic heterocycles. The lowest BCUT2D eigenvalue weighted by Crippen LogP contribution is -2.32. The van der Waals surface area contributed by atoms with E-state index in [1.807, 2.05) is 6.20 Å². The molecular formula is C13H21BrN4. The fraction of sp³-hybridized carbons (Fsp3) is 0.615. The second-order valence-electron chi connectivity index (χ2n) is 4.66. The van der Waals surface area contributed by atoms with Gasteiger partial charge in [0.25, 0.3) is 0 Å². The Kier molecular flexibility index (Phi) is 5.41. The van der Waals surface area contributed by atoms with Gasteiger partial charge in [-0.05, 0) is 60.5 Å². The molecule has 0 aliphatic carbocycles. The molecule has 1 aliphatic rings. The van der Waals surface area contributed by atoms with Crippen molar-refractivity contribution < 1.29 is 0 Å². The third kappa shape index (κ3) is 3.93. The van der Waals surface area contributed by atoms with Crippen LogP contribution in [0.5, 0.6) is 0 Å². The van der Waals surface area contributed by atoms with Crippen LogP contribution >= 0.6 is 15.9 Å². The van der Waals surface area contributed by atoms with Crippen LogP contribution < -0.4 is 10.6 Å². The minimum absolute atomic E-state index is 0.786. The van der Waals surface area contributed by atoms with Crippen molar-refractivity contribution in [2.24, 2.45) is 5.73 Å². The van der Waals surface area contributed by atoms with Crippen molar-refractivity contribution >= 4 is 21.7 Å². The highest BCUT2D eigenvalue weighted by Gasteiger charge is 2.15. The summed E-state index contributed by atoms with van der Waals surface area (Å²) < 4.78 is 1.03. The zero-order valence-corrected chi connectivity index (χ0v) is 12.3. The van der Waals surface area contributed by atoms with E-state index in [1.54, 1.807) is 0 Å². The van der Waals surface area contributed by atoms with E-state index in [9.17, 15) is 0 Å². The Morgan fingerprint density at radius 2 is 2.11 bits per heavy atom. The molecule has 5 heteroatoms. The molecule has 0 atom stereocenters. The van der Waals surface area contributed by atoms with Crippen LogP contribution in [0, 0.1) is 0 Å². The van der Waals surface area contributed by atoms with Crippen molar-refractivity contribution in [2.75, 3.05) is 44.2 Å². The first-order chi connectivity index (χ1) is 8.79. The van der Waals surface area contributed by atoms with Crippen LogP contribution in [-0.2, 0) is 0 Å². The fourth-order valence-electron chi connectivity index (χ4n) is 2.29. The highest BCUT2D eigenvalue weighted by Crippen LogP contribution is 2.16. The molecule has 0 spiro atoms. The average molecular weight is 313 g/mol. The largest absolute Gasteiger partial charge is 0.355 e. The summed E-state index contributed by atoms with van der Waals surface area (Å²) in [4.78, 5) is 9.35. The molecule has 0 aromatic carbocycles. The van der Waals surface area contributed by atoms with Gasteiger partial charge in [-0.3, -0.25) is 0 Å². The van der Waals surface area contributed by atoms with Crippen molar-refractivity contribution in [3.63, 3.8) is 0 Å². The molecule has 18 heavy (non-hydrogen) atoms. The third-order valence-electron chi connectivity index (χ3n) is 3.30. The molecule has 1 aromatic rings. The molecule has 0 amide bonds. The van der Waals surface area contributed by atoms with Crippen LogP contribution in [0.15, 0.2) is 22.8 Å². The normalized spacial score (nSPS) is 17.8. The molecule has 4 nitrogen and oxygen atoms in total. The van der Waals surface area contributed by atoms with Gasteiger partial charge in [0.1, 0.15) is 5.82 Å². The Morgan fingerprint density at radius 3 is 2.83 bits per heavy atom. The summed E-state index contributed by atoms with van der Waals surface area (Å²) in [7, 11) is 0. The summed E-state index contributed by atoms with van der Waals surface area (Å²) in [5.41, 5.74) is 5.57. The quantitative estimate of drug-likeness (QED) is 0.919. The number of nitrogens with two attached hydrogens (primary N) is 1. The van der Waals surface area contributed by atoms with Crippen LogP contribution in [-0.4, -0.2) is 49.2 Å². The van der Waals surface area contributed by atoms with Crippen molar-refractivity contribution in [1.29, 1.82) is 0 Å². The van der Waals surface area contributed by atoms with E-state index >= 15 is 0 Å². The average Bonchev–Trinajstić information content (AvgIpc) is 2.63. The summed E-state index contributed by atoms with van der Waals surface area (Å²) in [5, 5.41) is 0. The van der Waals surface area contributed by atoms with Gasteiger partial charge in [-0.1, -0.05) is 0 Å². The molecule has 0 radical (unpaired) electrons. The van der Waals surface area contributed by atoms with E-state index in [1.165, 1.54) is 13.0 Å². The maximum atomic E-state index is 5.57. The highest BCUT2D eigenvalue weighted by atomic mass is 79.9. The molecule has 1 saturated heterocycles. The second-order valence-corrected chi connectivity index (χ2v) is 5.57. The standard InChI is InChI=1S/C13H21BrN4/c14-12-3-4-13(16-11-12)18-8-2-7-17(9-10-18)6-1-5-15/h3-4,11H,1-2,5-10,15H2. The van der Waals surface area contributed by atoms with Crippen LogP contribution in [0.4, 0.5) is 5.82 Å². The van der Waals surface area contributed by atoms with E-state index in [0.717, 1.165) is 49.4 Å². The lowest BCUT2D eigenvalue weighted by atomic mass is 10.3. The van der Waals surface area contributed by atoms with Gasteiger partial charge in [0.05, 0.1) is 0 Å². The van der Waals surface area contributed by atoms with Gasteiger partial charge < -0.3 is 15.5 Å². The van der Waals surface area contributed by atoms with Gasteiger partial charge in [-0.15, -0.1) is 0 Å². The van der Waals surface area contributed by atoms with Crippen molar-refractivity contribution in [3.05, 3.63) is 22.8 Å². The summed E-state index contributed by atoms with van der Waals surface area (Å²) in [5.74, 6) is 1.08. The number of aromatic nitrogens is 1. The molecule has 2 rings (SSSR count). The van der Waals surface area contributed by atoms with Gasteiger partial charge in [-0.2, -0.15) is 0 Å². The third-order valence-corrected chi connectivity index (χ3v) is 3.77. The second kappa shape index (κ2) is 7.07. The van der Waals surface area contributed by atoms with Gasteiger partial charge >= 0.3 is 0 Å². The number of rotatable bonds is 4. The Balaban J connectivity index is 1.90. The Labute approximate surface area is 117 Å². The summed E-state index contributed by atoms with van der Waals surface area (Å²) >= 11 is 3.42. The predicted molar refractivity (Wildman–Crippen MR) is 78.9 cm³/mol. The minimum Gasteiger partial charge on any atom is -0.355 e. The van der Waals surface area contributed by atoms with E-state index in [4.69, 9.17) is 5.73 Å². The van der Waals surface area contributed by atoms with E-state index in [-0.39, 0.29) is 0 Å². The zero-order chi connectivity index (χ0) is 12.8. The summed E-state index contributed by atoms with van der Waals surface area (Å²) in [6.07, 6.45) is 4.16. The SMILES string of the molecule is NCCCN1CCCN(c2ccc(Br)cn2)CC1. The molecule has 0 saturated carbocycles. The molecule has 0 bridgehead atoms. The number of halogens is 1. The molecule has 1 aromatic heterocycles. The first-order valence-corrected chi connectivity index (χ1v) is 7.38. The van der Waals surface area contributed by atoms with E-state index < -0.39 is 0 Å². The minimum atomic E-state index is 0.786. The lowest BCUT2D eigenvalue weighted by molar-refractivity contribution is 0.291. The van der Waals surface area contributed by atoms with Crippen LogP contribution in [0.25, 0.3) is 0 Å². The highest BCUT2D eigenvalue weighted by molar-refractivity contribution is 9.10. The van der Waals surface area contributed by atoms with Crippen LogP contribution in [0.1, 0.15) is 12.8 Å². The fourth-order valence-corrected chi connectivity index (χ4v) is 2.53. The number of hydrogen-bond acceptors (Lipinski definition) is 4. The maximum absolute atomic E-state index is 5.57. The number of anilines is 1. The van der Waals surface area contributed by atoms with Crippen LogP contribution in [0.2, 0.25) is 0 Å². The molecule has 1 fully saturated rings. The Bertz CT molecular complexity index is 355. The van der Waals surface area contributed by atoms with E-state index in [2.05, 4.69) is 42.8 Å². The zero-order valence-electron chi connectivity index (χ0n) is 10.7. The molecule has 100 valence electrons. The molecule has 0 unspecified atom stereocenters. The monoisotopic (exact) mass is 312 g/mol. The summed E-state index contributed by atoms with van der Waals surface area (Å²) in [6, 6.07) is 4.14. The predicted octanol–water partition coefficient (Wildman–Crippen LogP) is 1.71. The summed E-state index contributed by atoms with van der Waals surface area (Å²) in [6.45, 7) is 6.34. The topological polar surface area (TPSA) is 45.4 Å². The van der Waals surface area contributed by atoms with Gasteiger partial charge in [0, 0.05) is 30.3 Å². The lowest BCUT2D eigenvalue weighted by Gasteiger charge is -2.22. The first kappa shape index (κ1) is 13.8. The Morgan fingerprint density at radius 1 is 1.22 bits per heavy atom.